The zero-order valence-electron chi connectivity index (χ0n) is 10.6. The Labute approximate surface area is 110 Å². The molecule has 1 atom stereocenters. The van der Waals surface area contributed by atoms with Gasteiger partial charge in [-0.05, 0) is 19.1 Å². The minimum atomic E-state index is -0.409. The number of benzene rings is 2. The minimum absolute atomic E-state index is 0.0375. The third-order valence-electron chi connectivity index (χ3n) is 2.81. The van der Waals surface area contributed by atoms with Crippen molar-refractivity contribution in [1.82, 2.24) is 0 Å². The van der Waals surface area contributed by atoms with Gasteiger partial charge in [0.1, 0.15) is 24.0 Å². The SMILES string of the molecule is C[C@H](N)c1ccc(F)cc1OCc1ccccc1F. The second-order valence-electron chi connectivity index (χ2n) is 4.35. The van der Waals surface area contributed by atoms with E-state index in [9.17, 15) is 8.78 Å². The number of hydrogen-bond donors (Lipinski definition) is 1. The molecule has 0 radical (unpaired) electrons. The fourth-order valence-electron chi connectivity index (χ4n) is 1.78. The number of nitrogens with two attached hydrogens (primary N) is 1. The van der Waals surface area contributed by atoms with E-state index in [2.05, 4.69) is 0 Å². The molecule has 0 fully saturated rings. The Hall–Kier alpha value is -1.94. The number of halogens is 2. The van der Waals surface area contributed by atoms with Crippen LogP contribution in [0.5, 0.6) is 5.75 Å². The molecule has 0 spiro atoms. The van der Waals surface area contributed by atoms with Crippen LogP contribution in [0, 0.1) is 11.6 Å². The average Bonchev–Trinajstić information content (AvgIpc) is 2.37. The van der Waals surface area contributed by atoms with Crippen molar-refractivity contribution >= 4 is 0 Å². The summed E-state index contributed by atoms with van der Waals surface area (Å²) in [6.07, 6.45) is 0. The first kappa shape index (κ1) is 13.5. The molecule has 0 aliphatic rings. The van der Waals surface area contributed by atoms with E-state index in [0.29, 0.717) is 16.9 Å². The summed E-state index contributed by atoms with van der Waals surface area (Å²) in [6, 6.07) is 10.2. The van der Waals surface area contributed by atoms with Gasteiger partial charge >= 0.3 is 0 Å². The summed E-state index contributed by atoms with van der Waals surface area (Å²) in [5.74, 6) is -0.410. The first-order valence-corrected chi connectivity index (χ1v) is 5.99. The highest BCUT2D eigenvalue weighted by atomic mass is 19.1. The molecule has 0 aliphatic heterocycles. The third kappa shape index (κ3) is 3.29. The Morgan fingerprint density at radius 1 is 1.16 bits per heavy atom. The van der Waals surface area contributed by atoms with E-state index in [1.54, 1.807) is 31.2 Å². The van der Waals surface area contributed by atoms with E-state index in [1.807, 2.05) is 0 Å². The van der Waals surface area contributed by atoms with Crippen LogP contribution in [0.15, 0.2) is 42.5 Å². The quantitative estimate of drug-likeness (QED) is 0.915. The molecular formula is C15H15F2NO. The lowest BCUT2D eigenvalue weighted by molar-refractivity contribution is 0.294. The van der Waals surface area contributed by atoms with Crippen molar-refractivity contribution in [2.24, 2.45) is 5.73 Å². The van der Waals surface area contributed by atoms with Crippen LogP contribution >= 0.6 is 0 Å². The number of ether oxygens (including phenoxy) is 1. The minimum Gasteiger partial charge on any atom is -0.488 e. The third-order valence-corrected chi connectivity index (χ3v) is 2.81. The van der Waals surface area contributed by atoms with E-state index in [0.717, 1.165) is 0 Å². The van der Waals surface area contributed by atoms with Gasteiger partial charge in [0.05, 0.1) is 0 Å². The lowest BCUT2D eigenvalue weighted by atomic mass is 10.1. The molecule has 2 rings (SSSR count). The van der Waals surface area contributed by atoms with Gasteiger partial charge in [0, 0.05) is 23.2 Å². The second-order valence-corrected chi connectivity index (χ2v) is 4.35. The second kappa shape index (κ2) is 5.80. The smallest absolute Gasteiger partial charge is 0.129 e. The zero-order chi connectivity index (χ0) is 13.8. The molecule has 2 nitrogen and oxygen atoms in total. The first-order valence-electron chi connectivity index (χ1n) is 5.99. The monoisotopic (exact) mass is 263 g/mol. The van der Waals surface area contributed by atoms with Gasteiger partial charge in [-0.3, -0.25) is 0 Å². The van der Waals surface area contributed by atoms with Gasteiger partial charge in [0.25, 0.3) is 0 Å². The summed E-state index contributed by atoms with van der Waals surface area (Å²) in [5.41, 5.74) is 6.90. The maximum atomic E-state index is 13.5. The van der Waals surface area contributed by atoms with Crippen LogP contribution in [0.3, 0.4) is 0 Å². The van der Waals surface area contributed by atoms with Crippen LogP contribution in [0.4, 0.5) is 8.78 Å². The maximum absolute atomic E-state index is 13.5. The lowest BCUT2D eigenvalue weighted by Gasteiger charge is -2.14. The van der Waals surface area contributed by atoms with E-state index in [-0.39, 0.29) is 18.5 Å². The zero-order valence-corrected chi connectivity index (χ0v) is 10.6. The van der Waals surface area contributed by atoms with Crippen LogP contribution < -0.4 is 10.5 Å². The molecule has 0 saturated heterocycles. The predicted octanol–water partition coefficient (Wildman–Crippen LogP) is 3.56. The summed E-state index contributed by atoms with van der Waals surface area (Å²) in [6.45, 7) is 1.82. The largest absolute Gasteiger partial charge is 0.488 e. The van der Waals surface area contributed by atoms with Crippen LogP contribution in [0.2, 0.25) is 0 Å². The maximum Gasteiger partial charge on any atom is 0.129 e. The molecule has 19 heavy (non-hydrogen) atoms. The Bertz CT molecular complexity index is 570. The summed E-state index contributed by atoms with van der Waals surface area (Å²) < 4.78 is 32.2. The average molecular weight is 263 g/mol. The van der Waals surface area contributed by atoms with E-state index in [1.165, 1.54) is 18.2 Å². The molecule has 0 unspecified atom stereocenters. The summed E-state index contributed by atoms with van der Waals surface area (Å²) >= 11 is 0. The molecule has 0 amide bonds. The van der Waals surface area contributed by atoms with Crippen LogP contribution in [-0.2, 0) is 6.61 Å². The van der Waals surface area contributed by atoms with Crippen molar-refractivity contribution in [1.29, 1.82) is 0 Å². The lowest BCUT2D eigenvalue weighted by Crippen LogP contribution is -2.08. The number of rotatable bonds is 4. The molecule has 2 N–H and O–H groups in total. The summed E-state index contributed by atoms with van der Waals surface area (Å²) in [5, 5.41) is 0. The molecule has 4 heteroatoms. The molecule has 100 valence electrons. The van der Waals surface area contributed by atoms with E-state index in [4.69, 9.17) is 10.5 Å². The topological polar surface area (TPSA) is 35.2 Å². The molecular weight excluding hydrogens is 248 g/mol. The Balaban J connectivity index is 2.19. The molecule has 2 aromatic rings. The number of hydrogen-bond acceptors (Lipinski definition) is 2. The highest BCUT2D eigenvalue weighted by molar-refractivity contribution is 5.36. The molecule has 0 bridgehead atoms. The van der Waals surface area contributed by atoms with Crippen molar-refractivity contribution in [2.45, 2.75) is 19.6 Å². The van der Waals surface area contributed by atoms with Crippen LogP contribution in [0.1, 0.15) is 24.1 Å². The predicted molar refractivity (Wildman–Crippen MR) is 69.7 cm³/mol. The summed E-state index contributed by atoms with van der Waals surface area (Å²) in [7, 11) is 0. The van der Waals surface area contributed by atoms with Crippen molar-refractivity contribution in [2.75, 3.05) is 0 Å². The van der Waals surface area contributed by atoms with Gasteiger partial charge in [-0.25, -0.2) is 8.78 Å². The Morgan fingerprint density at radius 3 is 2.58 bits per heavy atom. The van der Waals surface area contributed by atoms with Gasteiger partial charge in [0.2, 0.25) is 0 Å². The molecule has 0 heterocycles. The molecule has 0 aromatic heterocycles. The molecule has 0 saturated carbocycles. The van der Waals surface area contributed by atoms with Gasteiger partial charge in [-0.1, -0.05) is 24.3 Å². The van der Waals surface area contributed by atoms with Gasteiger partial charge in [0.15, 0.2) is 0 Å². The van der Waals surface area contributed by atoms with Crippen LogP contribution in [-0.4, -0.2) is 0 Å². The van der Waals surface area contributed by atoms with E-state index >= 15 is 0 Å². The Morgan fingerprint density at radius 2 is 1.89 bits per heavy atom. The van der Waals surface area contributed by atoms with Crippen molar-refractivity contribution < 1.29 is 13.5 Å². The van der Waals surface area contributed by atoms with Crippen LogP contribution in [0.25, 0.3) is 0 Å². The standard InChI is InChI=1S/C15H15F2NO/c1-10(18)13-7-6-12(16)8-15(13)19-9-11-4-2-3-5-14(11)17/h2-8,10H,9,18H2,1H3/t10-/m0/s1. The summed E-state index contributed by atoms with van der Waals surface area (Å²) in [4.78, 5) is 0. The molecule has 0 aliphatic carbocycles. The fraction of sp³-hybridized carbons (Fsp3) is 0.200. The van der Waals surface area contributed by atoms with E-state index < -0.39 is 5.82 Å². The van der Waals surface area contributed by atoms with Gasteiger partial charge in [-0.15, -0.1) is 0 Å². The van der Waals surface area contributed by atoms with Gasteiger partial charge in [-0.2, -0.15) is 0 Å². The van der Waals surface area contributed by atoms with Crippen molar-refractivity contribution in [3.05, 3.63) is 65.2 Å². The van der Waals surface area contributed by atoms with Gasteiger partial charge < -0.3 is 10.5 Å². The Kier molecular flexibility index (Phi) is 4.12. The highest BCUT2D eigenvalue weighted by Gasteiger charge is 2.10. The normalized spacial score (nSPS) is 12.2. The van der Waals surface area contributed by atoms with Crippen molar-refractivity contribution in [3.8, 4) is 5.75 Å². The first-order chi connectivity index (χ1) is 9.08. The highest BCUT2D eigenvalue weighted by Crippen LogP contribution is 2.25. The molecule has 2 aromatic carbocycles. The van der Waals surface area contributed by atoms with Crippen molar-refractivity contribution in [3.63, 3.8) is 0 Å². The fourth-order valence-corrected chi connectivity index (χ4v) is 1.78.